The highest BCUT2D eigenvalue weighted by Gasteiger charge is 2.35. The molecule has 2 rings (SSSR count). The lowest BCUT2D eigenvalue weighted by Crippen LogP contribution is -2.20. The van der Waals surface area contributed by atoms with E-state index in [-0.39, 0.29) is 31.7 Å². The van der Waals surface area contributed by atoms with Crippen LogP contribution in [0.5, 0.6) is 17.2 Å². The number of aromatic hydroxyl groups is 2. The summed E-state index contributed by atoms with van der Waals surface area (Å²) < 4.78 is 10.4. The molecule has 0 spiro atoms. The molecular weight excluding hydrogens is 444 g/mol. The zero-order valence-corrected chi connectivity index (χ0v) is 19.4. The molecule has 0 aliphatic heterocycles. The minimum atomic E-state index is -1.13. The van der Waals surface area contributed by atoms with Crippen LogP contribution in [0.2, 0.25) is 0 Å². The minimum Gasteiger partial charge on any atom is -0.504 e. The fourth-order valence-electron chi connectivity index (χ4n) is 3.14. The molecule has 0 aromatic heterocycles. The van der Waals surface area contributed by atoms with Crippen LogP contribution < -0.4 is 4.74 Å². The van der Waals surface area contributed by atoms with E-state index in [2.05, 4.69) is 0 Å². The van der Waals surface area contributed by atoms with Crippen molar-refractivity contribution in [3.8, 4) is 17.2 Å². The summed E-state index contributed by atoms with van der Waals surface area (Å²) in [5, 5.41) is 21.0. The van der Waals surface area contributed by atoms with E-state index in [0.29, 0.717) is 11.1 Å². The maximum atomic E-state index is 13.1. The van der Waals surface area contributed by atoms with Crippen LogP contribution in [0.25, 0.3) is 0 Å². The molecule has 0 atom stereocenters. The van der Waals surface area contributed by atoms with Crippen molar-refractivity contribution in [3.05, 3.63) is 52.1 Å². The molecule has 9 heteroatoms. The number of benzene rings is 2. The smallest absolute Gasteiger partial charge is 0.340 e. The number of carbonyl (C=O) groups is 5. The minimum absolute atomic E-state index is 0.119. The van der Waals surface area contributed by atoms with Crippen molar-refractivity contribution in [1.82, 2.24) is 0 Å². The molecule has 0 aliphatic carbocycles. The molecule has 0 saturated heterocycles. The molecule has 2 aromatic rings. The number of esters is 2. The Bertz CT molecular complexity index is 1140. The predicted octanol–water partition coefficient (Wildman–Crippen LogP) is 4.16. The van der Waals surface area contributed by atoms with Gasteiger partial charge < -0.3 is 19.7 Å². The van der Waals surface area contributed by atoms with Gasteiger partial charge in [-0.05, 0) is 12.5 Å². The zero-order valence-electron chi connectivity index (χ0n) is 19.4. The summed E-state index contributed by atoms with van der Waals surface area (Å²) in [7, 11) is 0. The van der Waals surface area contributed by atoms with Crippen LogP contribution in [0.4, 0.5) is 0 Å². The number of hydrogen-bond acceptors (Lipinski definition) is 9. The summed E-state index contributed by atoms with van der Waals surface area (Å²) in [6.07, 6.45) is -0.438. The highest BCUT2D eigenvalue weighted by molar-refractivity contribution is 6.17. The largest absolute Gasteiger partial charge is 0.504 e. The van der Waals surface area contributed by atoms with E-state index in [9.17, 15) is 34.2 Å². The van der Waals surface area contributed by atoms with Gasteiger partial charge in [0, 0.05) is 24.8 Å². The third kappa shape index (κ3) is 5.48. The molecule has 0 saturated carbocycles. The Kier molecular flexibility index (Phi) is 8.66. The first kappa shape index (κ1) is 26.2. The number of ketones is 3. The Hall–Kier alpha value is -4.01. The van der Waals surface area contributed by atoms with Crippen LogP contribution >= 0.6 is 0 Å². The monoisotopic (exact) mass is 470 g/mol. The summed E-state index contributed by atoms with van der Waals surface area (Å²) >= 11 is 0. The lowest BCUT2D eigenvalue weighted by molar-refractivity contribution is -0.134. The van der Waals surface area contributed by atoms with E-state index < -0.39 is 57.4 Å². The van der Waals surface area contributed by atoms with Gasteiger partial charge in [0.05, 0.1) is 16.7 Å². The fourth-order valence-corrected chi connectivity index (χ4v) is 3.14. The predicted molar refractivity (Wildman–Crippen MR) is 121 cm³/mol. The fraction of sp³-hybridized carbons (Fsp3) is 0.320. The van der Waals surface area contributed by atoms with E-state index in [0.717, 1.165) is 0 Å². The molecule has 34 heavy (non-hydrogen) atoms. The summed E-state index contributed by atoms with van der Waals surface area (Å²) in [5.41, 5.74) is -0.718. The lowest BCUT2D eigenvalue weighted by atomic mass is 9.91. The second-order valence-corrected chi connectivity index (χ2v) is 7.36. The maximum absolute atomic E-state index is 13.1. The molecule has 2 N–H and O–H groups in total. The van der Waals surface area contributed by atoms with Crippen molar-refractivity contribution in [2.75, 3.05) is 0 Å². The van der Waals surface area contributed by atoms with Gasteiger partial charge >= 0.3 is 11.9 Å². The van der Waals surface area contributed by atoms with E-state index in [1.807, 2.05) is 0 Å². The molecule has 0 aliphatic rings. The van der Waals surface area contributed by atoms with Crippen LogP contribution in [0, 0.1) is 0 Å². The van der Waals surface area contributed by atoms with Crippen molar-refractivity contribution < 1.29 is 43.7 Å². The van der Waals surface area contributed by atoms with Crippen LogP contribution in [-0.2, 0) is 16.1 Å². The average Bonchev–Trinajstić information content (AvgIpc) is 2.84. The van der Waals surface area contributed by atoms with Crippen LogP contribution in [0.1, 0.15) is 94.0 Å². The van der Waals surface area contributed by atoms with Gasteiger partial charge in [0.25, 0.3) is 0 Å². The Balaban J connectivity index is 2.64. The maximum Gasteiger partial charge on any atom is 0.340 e. The quantitative estimate of drug-likeness (QED) is 0.226. The molecule has 2 aromatic carbocycles. The number of rotatable bonds is 10. The SMILES string of the molecule is CCC(=O)Oc1c(O)c(O)c(C(=O)CC)c(C(=O)OCc2ccc(C(C)=O)cc2)c1C(=O)CC. The van der Waals surface area contributed by atoms with E-state index >= 15 is 0 Å². The van der Waals surface area contributed by atoms with Crippen molar-refractivity contribution in [3.63, 3.8) is 0 Å². The van der Waals surface area contributed by atoms with Gasteiger partial charge in [0.1, 0.15) is 6.61 Å². The normalized spacial score (nSPS) is 10.5. The van der Waals surface area contributed by atoms with E-state index in [1.54, 1.807) is 24.3 Å². The van der Waals surface area contributed by atoms with Gasteiger partial charge in [-0.3, -0.25) is 19.2 Å². The van der Waals surface area contributed by atoms with Crippen molar-refractivity contribution >= 4 is 29.3 Å². The average molecular weight is 470 g/mol. The van der Waals surface area contributed by atoms with Gasteiger partial charge in [0.15, 0.2) is 28.8 Å². The molecule has 0 radical (unpaired) electrons. The van der Waals surface area contributed by atoms with Crippen molar-refractivity contribution in [2.24, 2.45) is 0 Å². The summed E-state index contributed by atoms with van der Waals surface area (Å²) in [4.78, 5) is 61.9. The molecule has 9 nitrogen and oxygen atoms in total. The Morgan fingerprint density at radius 1 is 0.765 bits per heavy atom. The lowest BCUT2D eigenvalue weighted by Gasteiger charge is -2.19. The Morgan fingerprint density at radius 2 is 1.32 bits per heavy atom. The number of hydrogen-bond donors (Lipinski definition) is 2. The molecule has 0 unspecified atom stereocenters. The summed E-state index contributed by atoms with van der Waals surface area (Å²) in [5.74, 6) is -6.24. The Labute approximate surface area is 196 Å². The molecule has 0 heterocycles. The van der Waals surface area contributed by atoms with E-state index in [1.165, 1.54) is 27.7 Å². The van der Waals surface area contributed by atoms with Crippen LogP contribution in [0.3, 0.4) is 0 Å². The first-order valence-electron chi connectivity index (χ1n) is 10.7. The van der Waals surface area contributed by atoms with Crippen molar-refractivity contribution in [1.29, 1.82) is 0 Å². The van der Waals surface area contributed by atoms with E-state index in [4.69, 9.17) is 9.47 Å². The number of phenols is 2. The molecule has 0 bridgehead atoms. The van der Waals surface area contributed by atoms with Gasteiger partial charge in [0.2, 0.25) is 5.75 Å². The molecule has 180 valence electrons. The molecular formula is C25H26O9. The second-order valence-electron chi connectivity index (χ2n) is 7.36. The van der Waals surface area contributed by atoms with Crippen LogP contribution in [-0.4, -0.2) is 39.5 Å². The Morgan fingerprint density at radius 3 is 1.82 bits per heavy atom. The number of Topliss-reactive ketones (excluding diaryl/α,β-unsaturated/α-hetero) is 3. The standard InChI is InChI=1S/C25H26O9/c1-5-16(27)19-21(25(32)33-12-14-8-10-15(11-9-14)13(4)26)20(17(28)6-2)24(23(31)22(19)30)34-18(29)7-3/h8-11,30-31H,5-7,12H2,1-4H3. The summed E-state index contributed by atoms with van der Waals surface area (Å²) in [6.45, 7) is 5.56. The first-order chi connectivity index (χ1) is 16.1. The van der Waals surface area contributed by atoms with Gasteiger partial charge in [-0.25, -0.2) is 4.79 Å². The topological polar surface area (TPSA) is 144 Å². The highest BCUT2D eigenvalue weighted by atomic mass is 16.5. The third-order valence-electron chi connectivity index (χ3n) is 5.04. The molecule has 0 amide bonds. The van der Waals surface area contributed by atoms with Gasteiger partial charge in [-0.2, -0.15) is 0 Å². The number of carbonyl (C=O) groups excluding carboxylic acids is 5. The van der Waals surface area contributed by atoms with Crippen LogP contribution in [0.15, 0.2) is 24.3 Å². The highest BCUT2D eigenvalue weighted by Crippen LogP contribution is 2.45. The number of phenolic OH excluding ortho intramolecular Hbond substituents is 2. The second kappa shape index (κ2) is 11.2. The molecule has 0 fully saturated rings. The first-order valence-corrected chi connectivity index (χ1v) is 10.7. The summed E-state index contributed by atoms with van der Waals surface area (Å²) in [6, 6.07) is 6.25. The van der Waals surface area contributed by atoms with Gasteiger partial charge in [-0.1, -0.05) is 45.0 Å². The van der Waals surface area contributed by atoms with Crippen molar-refractivity contribution in [2.45, 2.75) is 53.6 Å². The number of ether oxygens (including phenoxy) is 2. The van der Waals surface area contributed by atoms with Gasteiger partial charge in [-0.15, -0.1) is 0 Å². The third-order valence-corrected chi connectivity index (χ3v) is 5.04. The zero-order chi connectivity index (χ0) is 25.6.